The quantitative estimate of drug-likeness (QED) is 0.506. The Labute approximate surface area is 105 Å². The highest BCUT2D eigenvalue weighted by Crippen LogP contribution is 2.16. The zero-order chi connectivity index (χ0) is 14.1. The maximum atomic E-state index is 11.3. The van der Waals surface area contributed by atoms with Crippen LogP contribution in [-0.2, 0) is 19.1 Å². The lowest BCUT2D eigenvalue weighted by Crippen LogP contribution is -2.16. The molecule has 0 saturated heterocycles. The van der Waals surface area contributed by atoms with E-state index in [9.17, 15) is 14.4 Å². The van der Waals surface area contributed by atoms with Gasteiger partial charge in [0.15, 0.2) is 0 Å². The minimum absolute atomic E-state index is 0.109. The van der Waals surface area contributed by atoms with Crippen molar-refractivity contribution >= 4 is 17.9 Å². The lowest BCUT2D eigenvalue weighted by molar-refractivity contribution is -0.145. The van der Waals surface area contributed by atoms with Gasteiger partial charge in [-0.15, -0.1) is 0 Å². The Morgan fingerprint density at radius 1 is 0.944 bits per heavy atom. The number of carbonyl (C=O) groups is 3. The molecule has 0 heterocycles. The zero-order valence-electron chi connectivity index (χ0n) is 10.6. The molecule has 2 N–H and O–H groups in total. The highest BCUT2D eigenvalue weighted by atomic mass is 16.5. The van der Waals surface area contributed by atoms with Crippen molar-refractivity contribution in [2.24, 2.45) is 0 Å². The molecule has 0 bridgehead atoms. The second-order valence-electron chi connectivity index (χ2n) is 3.71. The van der Waals surface area contributed by atoms with Gasteiger partial charge >= 0.3 is 17.9 Å². The van der Waals surface area contributed by atoms with Crippen molar-refractivity contribution in [1.82, 2.24) is 0 Å². The fourth-order valence-electron chi connectivity index (χ4n) is 1.36. The molecule has 0 amide bonds. The molecular weight excluding hydrogens is 240 g/mol. The van der Waals surface area contributed by atoms with E-state index in [1.807, 2.05) is 0 Å². The standard InChI is InChI=1S/C12H18O6/c1-3-5-8(11(14)15)9(12(16)17)7-10(13)18-6-4-2/h3-7H2,1-2H3,(H,14,15)(H,16,17). The maximum absolute atomic E-state index is 11.3. The van der Waals surface area contributed by atoms with E-state index in [2.05, 4.69) is 0 Å². The van der Waals surface area contributed by atoms with Crippen molar-refractivity contribution in [2.75, 3.05) is 6.61 Å². The van der Waals surface area contributed by atoms with Crippen molar-refractivity contribution in [2.45, 2.75) is 39.5 Å². The van der Waals surface area contributed by atoms with Crippen LogP contribution in [0.4, 0.5) is 0 Å². The van der Waals surface area contributed by atoms with Crippen LogP contribution in [0, 0.1) is 0 Å². The first-order chi connectivity index (χ1) is 8.43. The average Bonchev–Trinajstić information content (AvgIpc) is 2.30. The molecule has 0 aliphatic heterocycles. The van der Waals surface area contributed by atoms with Crippen molar-refractivity contribution < 1.29 is 29.3 Å². The number of carboxylic acids is 2. The third-order valence-corrected chi connectivity index (χ3v) is 2.17. The second kappa shape index (κ2) is 8.27. The Kier molecular flexibility index (Phi) is 7.42. The van der Waals surface area contributed by atoms with Gasteiger partial charge in [-0.1, -0.05) is 20.3 Å². The van der Waals surface area contributed by atoms with Gasteiger partial charge in [-0.3, -0.25) is 4.79 Å². The third kappa shape index (κ3) is 5.47. The summed E-state index contributed by atoms with van der Waals surface area (Å²) in [5.74, 6) is -3.42. The molecular formula is C12H18O6. The van der Waals surface area contributed by atoms with Crippen molar-refractivity contribution in [3.05, 3.63) is 11.1 Å². The fraction of sp³-hybridized carbons (Fsp3) is 0.583. The van der Waals surface area contributed by atoms with E-state index in [0.29, 0.717) is 12.8 Å². The predicted molar refractivity (Wildman–Crippen MR) is 63.1 cm³/mol. The lowest BCUT2D eigenvalue weighted by atomic mass is 10.0. The first kappa shape index (κ1) is 16.1. The highest BCUT2D eigenvalue weighted by Gasteiger charge is 2.22. The Bertz CT molecular complexity index is 356. The first-order valence-electron chi connectivity index (χ1n) is 5.78. The van der Waals surface area contributed by atoms with Crippen LogP contribution >= 0.6 is 0 Å². The van der Waals surface area contributed by atoms with E-state index in [0.717, 1.165) is 0 Å². The normalized spacial score (nSPS) is 11.7. The molecule has 0 unspecified atom stereocenters. The molecule has 0 saturated carbocycles. The topological polar surface area (TPSA) is 101 Å². The van der Waals surface area contributed by atoms with Gasteiger partial charge in [0.25, 0.3) is 0 Å². The Balaban J connectivity index is 5.03. The Morgan fingerprint density at radius 3 is 1.89 bits per heavy atom. The van der Waals surface area contributed by atoms with Gasteiger partial charge in [0.2, 0.25) is 0 Å². The Morgan fingerprint density at radius 2 is 1.50 bits per heavy atom. The number of carbonyl (C=O) groups excluding carboxylic acids is 1. The molecule has 0 aromatic rings. The summed E-state index contributed by atoms with van der Waals surface area (Å²) in [6.07, 6.45) is 0.704. The number of carboxylic acid groups (broad SMARTS) is 2. The first-order valence-corrected chi connectivity index (χ1v) is 5.78. The summed E-state index contributed by atoms with van der Waals surface area (Å²) in [5, 5.41) is 17.9. The summed E-state index contributed by atoms with van der Waals surface area (Å²) in [6, 6.07) is 0. The molecule has 102 valence electrons. The summed E-state index contributed by atoms with van der Waals surface area (Å²) in [6.45, 7) is 3.74. The summed E-state index contributed by atoms with van der Waals surface area (Å²) in [4.78, 5) is 33.3. The van der Waals surface area contributed by atoms with Crippen LogP contribution in [0.2, 0.25) is 0 Å². The van der Waals surface area contributed by atoms with E-state index < -0.39 is 29.9 Å². The van der Waals surface area contributed by atoms with Crippen molar-refractivity contribution in [1.29, 1.82) is 0 Å². The molecule has 18 heavy (non-hydrogen) atoms. The fourth-order valence-corrected chi connectivity index (χ4v) is 1.36. The van der Waals surface area contributed by atoms with Crippen LogP contribution in [0.1, 0.15) is 39.5 Å². The molecule has 0 aromatic heterocycles. The van der Waals surface area contributed by atoms with Crippen molar-refractivity contribution in [3.8, 4) is 0 Å². The number of aliphatic carboxylic acids is 2. The van der Waals surface area contributed by atoms with Gasteiger partial charge in [0.1, 0.15) is 0 Å². The van der Waals surface area contributed by atoms with Crippen LogP contribution in [0.5, 0.6) is 0 Å². The minimum atomic E-state index is -1.39. The van der Waals surface area contributed by atoms with Gasteiger partial charge in [0, 0.05) is 5.57 Å². The number of ether oxygens (including phenoxy) is 1. The summed E-state index contributed by atoms with van der Waals surface area (Å²) in [5.41, 5.74) is -0.635. The molecule has 0 aliphatic carbocycles. The van der Waals surface area contributed by atoms with Crippen LogP contribution in [-0.4, -0.2) is 34.7 Å². The molecule has 0 rings (SSSR count). The van der Waals surface area contributed by atoms with Crippen LogP contribution in [0.15, 0.2) is 11.1 Å². The number of hydrogen-bond acceptors (Lipinski definition) is 4. The van der Waals surface area contributed by atoms with E-state index in [1.165, 1.54) is 0 Å². The third-order valence-electron chi connectivity index (χ3n) is 2.17. The highest BCUT2D eigenvalue weighted by molar-refractivity contribution is 6.01. The van der Waals surface area contributed by atoms with Gasteiger partial charge in [0.05, 0.1) is 18.6 Å². The van der Waals surface area contributed by atoms with Crippen LogP contribution in [0.25, 0.3) is 0 Å². The van der Waals surface area contributed by atoms with Gasteiger partial charge in [-0.05, 0) is 12.8 Å². The van der Waals surface area contributed by atoms with Gasteiger partial charge < -0.3 is 14.9 Å². The molecule has 0 spiro atoms. The largest absolute Gasteiger partial charge is 0.478 e. The van der Waals surface area contributed by atoms with E-state index in [-0.39, 0.29) is 18.6 Å². The second-order valence-corrected chi connectivity index (χ2v) is 3.71. The summed E-state index contributed by atoms with van der Waals surface area (Å²) in [7, 11) is 0. The van der Waals surface area contributed by atoms with Crippen LogP contribution in [0.3, 0.4) is 0 Å². The van der Waals surface area contributed by atoms with Crippen LogP contribution < -0.4 is 0 Å². The lowest BCUT2D eigenvalue weighted by Gasteiger charge is -2.08. The molecule has 0 aromatic carbocycles. The molecule has 0 atom stereocenters. The Hall–Kier alpha value is -1.85. The smallest absolute Gasteiger partial charge is 0.332 e. The summed E-state index contributed by atoms with van der Waals surface area (Å²) >= 11 is 0. The average molecular weight is 258 g/mol. The SMILES string of the molecule is CCCOC(=O)CC(C(=O)O)=C(CCC)C(=O)O. The number of hydrogen-bond donors (Lipinski definition) is 2. The van der Waals surface area contributed by atoms with E-state index >= 15 is 0 Å². The predicted octanol–water partition coefficient (Wildman–Crippen LogP) is 1.60. The molecule has 6 heteroatoms. The maximum Gasteiger partial charge on any atom is 0.332 e. The van der Waals surface area contributed by atoms with E-state index in [4.69, 9.17) is 14.9 Å². The zero-order valence-corrected chi connectivity index (χ0v) is 10.6. The monoisotopic (exact) mass is 258 g/mol. The molecule has 0 fully saturated rings. The molecule has 0 radical (unpaired) electrons. The molecule has 0 aliphatic rings. The minimum Gasteiger partial charge on any atom is -0.478 e. The van der Waals surface area contributed by atoms with Gasteiger partial charge in [-0.25, -0.2) is 9.59 Å². The van der Waals surface area contributed by atoms with Crippen molar-refractivity contribution in [3.63, 3.8) is 0 Å². The van der Waals surface area contributed by atoms with Gasteiger partial charge in [-0.2, -0.15) is 0 Å². The number of esters is 1. The van der Waals surface area contributed by atoms with E-state index in [1.54, 1.807) is 13.8 Å². The summed E-state index contributed by atoms with van der Waals surface area (Å²) < 4.78 is 4.75. The number of rotatable bonds is 8. The molecule has 6 nitrogen and oxygen atoms in total.